The van der Waals surface area contributed by atoms with Crippen LogP contribution in [0.5, 0.6) is 0 Å². The van der Waals surface area contributed by atoms with Crippen molar-refractivity contribution >= 4 is 6.09 Å². The molecule has 0 aliphatic carbocycles. The van der Waals surface area contributed by atoms with Crippen molar-refractivity contribution in [3.05, 3.63) is 10.4 Å². The molecule has 1 saturated heterocycles. The molecule has 0 atom stereocenters. The summed E-state index contributed by atoms with van der Waals surface area (Å²) in [4.78, 5) is 16.1. The summed E-state index contributed by atoms with van der Waals surface area (Å²) in [6.45, 7) is 6.78. The molecule has 1 heterocycles. The van der Waals surface area contributed by atoms with Gasteiger partial charge in [-0.15, -0.1) is 5.53 Å². The van der Waals surface area contributed by atoms with Gasteiger partial charge in [-0.1, -0.05) is 0 Å². The predicted octanol–water partition coefficient (Wildman–Crippen LogP) is 2.20. The fourth-order valence-corrected chi connectivity index (χ4v) is 1.63. The zero-order chi connectivity index (χ0) is 12.9. The van der Waals surface area contributed by atoms with Gasteiger partial charge in [-0.2, -0.15) is 4.91 Å². The molecule has 17 heavy (non-hydrogen) atoms. The van der Waals surface area contributed by atoms with Crippen LogP contribution in [0.4, 0.5) is 4.79 Å². The second-order valence-corrected chi connectivity index (χ2v) is 5.06. The molecule has 7 heteroatoms. The number of carbonyl (C=O) groups is 1. The van der Waals surface area contributed by atoms with Crippen LogP contribution in [0.3, 0.4) is 0 Å². The van der Waals surface area contributed by atoms with E-state index in [9.17, 15) is 4.79 Å². The summed E-state index contributed by atoms with van der Waals surface area (Å²) < 4.78 is 5.28. The summed E-state index contributed by atoms with van der Waals surface area (Å²) in [6.07, 6.45) is 1.25. The molecule has 0 bridgehead atoms. The summed E-state index contributed by atoms with van der Waals surface area (Å²) in [5.41, 5.74) is 10.4. The molecular formula is C10H19N5O2. The first-order chi connectivity index (χ1) is 7.92. The van der Waals surface area contributed by atoms with E-state index in [1.165, 1.54) is 0 Å². The van der Waals surface area contributed by atoms with Gasteiger partial charge in [0.25, 0.3) is 0 Å². The zero-order valence-corrected chi connectivity index (χ0v) is 10.5. The number of amides is 1. The van der Waals surface area contributed by atoms with Crippen LogP contribution in [0.2, 0.25) is 0 Å². The highest BCUT2D eigenvalue weighted by atomic mass is 16.6. The second kappa shape index (κ2) is 5.63. The number of ether oxygens (including phenoxy) is 1. The Bertz CT molecular complexity index is 311. The highest BCUT2D eigenvalue weighted by Gasteiger charge is 2.27. The van der Waals surface area contributed by atoms with E-state index < -0.39 is 5.60 Å². The third kappa shape index (κ3) is 4.82. The summed E-state index contributed by atoms with van der Waals surface area (Å²) in [7, 11) is 0. The Kier molecular flexibility index (Phi) is 4.45. The number of piperidine rings is 1. The van der Waals surface area contributed by atoms with Crippen LogP contribution in [-0.4, -0.2) is 35.7 Å². The van der Waals surface area contributed by atoms with Crippen LogP contribution in [-0.2, 0) is 4.74 Å². The summed E-state index contributed by atoms with van der Waals surface area (Å²) in [5.74, 6) is 0. The van der Waals surface area contributed by atoms with Crippen LogP contribution in [0.1, 0.15) is 33.6 Å². The minimum Gasteiger partial charge on any atom is -0.444 e. The molecule has 1 N–H and O–H groups in total. The van der Waals surface area contributed by atoms with Gasteiger partial charge in [0.2, 0.25) is 0 Å². The normalized spacial score (nSPS) is 17.2. The average molecular weight is 241 g/mol. The van der Waals surface area contributed by atoms with E-state index in [4.69, 9.17) is 10.3 Å². The molecule has 1 amide bonds. The zero-order valence-electron chi connectivity index (χ0n) is 10.5. The number of likely N-dealkylation sites (tertiary alicyclic amines) is 1. The van der Waals surface area contributed by atoms with Crippen LogP contribution >= 0.6 is 0 Å². The second-order valence-electron chi connectivity index (χ2n) is 5.06. The highest BCUT2D eigenvalue weighted by molar-refractivity contribution is 5.68. The third-order valence-electron chi connectivity index (χ3n) is 2.43. The molecular weight excluding hydrogens is 222 g/mol. The summed E-state index contributed by atoms with van der Waals surface area (Å²) >= 11 is 0. The van der Waals surface area contributed by atoms with Gasteiger partial charge in [0, 0.05) is 25.9 Å². The lowest BCUT2D eigenvalue weighted by Crippen LogP contribution is -2.45. The smallest absolute Gasteiger partial charge is 0.410 e. The molecule has 0 radical (unpaired) electrons. The van der Waals surface area contributed by atoms with Gasteiger partial charge in [-0.05, 0) is 26.0 Å². The van der Waals surface area contributed by atoms with Crippen molar-refractivity contribution in [2.45, 2.75) is 45.3 Å². The van der Waals surface area contributed by atoms with Gasteiger partial charge >= 0.3 is 6.09 Å². The number of nitrogens with one attached hydrogen (secondary N) is 1. The Morgan fingerprint density at radius 1 is 1.47 bits per heavy atom. The topological polar surface area (TPSA) is 90.3 Å². The first kappa shape index (κ1) is 13.4. The molecule has 0 aromatic carbocycles. The van der Waals surface area contributed by atoms with Gasteiger partial charge in [-0.25, -0.2) is 4.79 Å². The van der Waals surface area contributed by atoms with Gasteiger partial charge in [0.1, 0.15) is 5.60 Å². The first-order valence-corrected chi connectivity index (χ1v) is 5.70. The fourth-order valence-electron chi connectivity index (χ4n) is 1.63. The lowest BCUT2D eigenvalue weighted by Gasteiger charge is -2.32. The number of hydrogen-bond donors (Lipinski definition) is 1. The summed E-state index contributed by atoms with van der Waals surface area (Å²) in [6, 6.07) is 0.143. The van der Waals surface area contributed by atoms with Crippen molar-refractivity contribution in [3.63, 3.8) is 0 Å². The predicted molar refractivity (Wildman–Crippen MR) is 63.1 cm³/mol. The van der Waals surface area contributed by atoms with Crippen LogP contribution in [0.25, 0.3) is 10.4 Å². The Morgan fingerprint density at radius 3 is 2.53 bits per heavy atom. The van der Waals surface area contributed by atoms with E-state index in [1.54, 1.807) is 4.90 Å². The van der Waals surface area contributed by atoms with E-state index in [0.717, 1.165) is 12.8 Å². The number of nitrogens with zero attached hydrogens (tertiary/aromatic N) is 4. The van der Waals surface area contributed by atoms with Gasteiger partial charge < -0.3 is 9.64 Å². The van der Waals surface area contributed by atoms with E-state index in [1.807, 2.05) is 20.8 Å². The molecule has 1 rings (SSSR count). The quantitative estimate of drug-likeness (QED) is 0.348. The SMILES string of the molecule is CC(C)(C)OC(=O)N1CCC(NN=[N+]=[N-])CC1. The van der Waals surface area contributed by atoms with E-state index in [0.29, 0.717) is 13.1 Å². The van der Waals surface area contributed by atoms with Gasteiger partial charge in [0.05, 0.1) is 6.04 Å². The molecule has 1 aliphatic heterocycles. The van der Waals surface area contributed by atoms with Crippen molar-refractivity contribution < 1.29 is 9.53 Å². The minimum absolute atomic E-state index is 0.143. The van der Waals surface area contributed by atoms with E-state index >= 15 is 0 Å². The standard InChI is InChI=1S/C10H19N5O2/c1-10(2,3)17-9(16)15-6-4-8(5-7-15)12-14-13-11/h8,12H,4-7H2,1-3H3. The van der Waals surface area contributed by atoms with Crippen LogP contribution in [0.15, 0.2) is 5.22 Å². The van der Waals surface area contributed by atoms with Crippen molar-refractivity contribution in [2.24, 2.45) is 5.22 Å². The van der Waals surface area contributed by atoms with Gasteiger partial charge in [-0.3, -0.25) is 5.43 Å². The maximum Gasteiger partial charge on any atom is 0.410 e. The average Bonchev–Trinajstić information content (AvgIpc) is 2.24. The molecule has 96 valence electrons. The molecule has 0 spiro atoms. The maximum absolute atomic E-state index is 11.7. The minimum atomic E-state index is -0.461. The van der Waals surface area contributed by atoms with Crippen molar-refractivity contribution in [1.82, 2.24) is 10.3 Å². The van der Waals surface area contributed by atoms with E-state index in [-0.39, 0.29) is 12.1 Å². The Labute approximate surface area is 101 Å². The molecule has 0 aromatic heterocycles. The number of rotatable bonds is 2. The molecule has 0 aromatic rings. The van der Waals surface area contributed by atoms with Crippen LogP contribution in [0, 0.1) is 0 Å². The van der Waals surface area contributed by atoms with Crippen molar-refractivity contribution in [3.8, 4) is 0 Å². The Morgan fingerprint density at radius 2 is 2.06 bits per heavy atom. The Hall–Kier alpha value is -1.62. The highest BCUT2D eigenvalue weighted by Crippen LogP contribution is 2.15. The fraction of sp³-hybridized carbons (Fsp3) is 0.900. The Balaban J connectivity index is 2.36. The number of carbonyl (C=O) groups excluding carboxylic acids is 1. The molecule has 7 nitrogen and oxygen atoms in total. The van der Waals surface area contributed by atoms with E-state index in [2.05, 4.69) is 15.6 Å². The molecule has 0 saturated carbocycles. The number of hydrogen-bond acceptors (Lipinski definition) is 3. The first-order valence-electron chi connectivity index (χ1n) is 5.70. The lowest BCUT2D eigenvalue weighted by molar-refractivity contribution is 0.0198. The third-order valence-corrected chi connectivity index (χ3v) is 2.43. The molecule has 0 unspecified atom stereocenters. The lowest BCUT2D eigenvalue weighted by atomic mass is 10.1. The number of azide groups is 1. The van der Waals surface area contributed by atoms with Gasteiger partial charge in [0.15, 0.2) is 0 Å². The summed E-state index contributed by atoms with van der Waals surface area (Å²) in [5, 5.41) is 3.32. The maximum atomic E-state index is 11.7. The van der Waals surface area contributed by atoms with Crippen molar-refractivity contribution in [1.29, 1.82) is 0 Å². The monoisotopic (exact) mass is 241 g/mol. The van der Waals surface area contributed by atoms with Crippen molar-refractivity contribution in [2.75, 3.05) is 13.1 Å². The van der Waals surface area contributed by atoms with Crippen LogP contribution < -0.4 is 5.43 Å². The molecule has 1 aliphatic rings. The molecule has 1 fully saturated rings. The largest absolute Gasteiger partial charge is 0.444 e.